The molecule has 2 aromatic carbocycles. The Morgan fingerprint density at radius 1 is 0.844 bits per heavy atom. The maximum absolute atomic E-state index is 13.4. The van der Waals surface area contributed by atoms with E-state index in [4.69, 9.17) is 14.2 Å². The molecule has 0 saturated heterocycles. The van der Waals surface area contributed by atoms with Crippen LogP contribution in [0.3, 0.4) is 0 Å². The SMILES string of the molecule is CCOC(=O)/C=C/c1cc(/C=C/C(=O)OCC)cc(C(OC(C)=O)c2ccc(F)cc2)c1. The summed E-state index contributed by atoms with van der Waals surface area (Å²) in [6.07, 6.45) is 4.84. The average Bonchev–Trinajstić information content (AvgIpc) is 2.75. The third kappa shape index (κ3) is 7.83. The van der Waals surface area contributed by atoms with Crippen molar-refractivity contribution >= 4 is 30.1 Å². The van der Waals surface area contributed by atoms with Gasteiger partial charge in [-0.15, -0.1) is 0 Å². The van der Waals surface area contributed by atoms with Gasteiger partial charge in [-0.05, 0) is 78.6 Å². The van der Waals surface area contributed by atoms with Crippen molar-refractivity contribution < 1.29 is 33.0 Å². The van der Waals surface area contributed by atoms with Crippen LogP contribution in [0.4, 0.5) is 4.39 Å². The highest BCUT2D eigenvalue weighted by molar-refractivity contribution is 5.88. The van der Waals surface area contributed by atoms with Gasteiger partial charge in [-0.2, -0.15) is 0 Å². The molecule has 0 N–H and O–H groups in total. The van der Waals surface area contributed by atoms with Crippen molar-refractivity contribution in [2.45, 2.75) is 26.9 Å². The molecule has 0 aliphatic carbocycles. The number of carbonyl (C=O) groups excluding carboxylic acids is 3. The Morgan fingerprint density at radius 3 is 1.78 bits per heavy atom. The zero-order valence-corrected chi connectivity index (χ0v) is 18.2. The van der Waals surface area contributed by atoms with Crippen molar-refractivity contribution in [2.24, 2.45) is 0 Å². The molecule has 168 valence electrons. The van der Waals surface area contributed by atoms with Crippen LogP contribution in [-0.4, -0.2) is 31.1 Å². The van der Waals surface area contributed by atoms with Crippen LogP contribution in [0, 0.1) is 5.82 Å². The Kier molecular flexibility index (Phi) is 9.35. The molecule has 1 atom stereocenters. The molecule has 0 heterocycles. The van der Waals surface area contributed by atoms with Crippen LogP contribution in [0.15, 0.2) is 54.6 Å². The largest absolute Gasteiger partial charge is 0.463 e. The molecule has 0 spiro atoms. The Morgan fingerprint density at radius 2 is 1.34 bits per heavy atom. The third-order valence-electron chi connectivity index (χ3n) is 4.16. The lowest BCUT2D eigenvalue weighted by Gasteiger charge is -2.19. The standard InChI is InChI=1S/C25H25FO6/c1-4-30-23(28)12-6-18-14-19(7-13-24(29)31-5-2)16-21(15-18)25(32-17(3)27)20-8-10-22(26)11-9-20/h6-16,25H,4-5H2,1-3H3/b12-6+,13-7+. The van der Waals surface area contributed by atoms with E-state index in [9.17, 15) is 18.8 Å². The zero-order valence-electron chi connectivity index (χ0n) is 18.2. The molecule has 32 heavy (non-hydrogen) atoms. The van der Waals surface area contributed by atoms with Gasteiger partial charge in [-0.1, -0.05) is 12.1 Å². The highest BCUT2D eigenvalue weighted by Gasteiger charge is 2.19. The van der Waals surface area contributed by atoms with Crippen molar-refractivity contribution in [1.29, 1.82) is 0 Å². The minimum absolute atomic E-state index is 0.246. The molecular weight excluding hydrogens is 415 g/mol. The van der Waals surface area contributed by atoms with Crippen molar-refractivity contribution in [2.75, 3.05) is 13.2 Å². The molecule has 0 aliphatic rings. The van der Waals surface area contributed by atoms with Crippen molar-refractivity contribution in [3.63, 3.8) is 0 Å². The minimum atomic E-state index is -0.821. The van der Waals surface area contributed by atoms with Gasteiger partial charge in [-0.25, -0.2) is 14.0 Å². The summed E-state index contributed by atoms with van der Waals surface area (Å²) in [5.41, 5.74) is 2.35. The Labute approximate surface area is 186 Å². The van der Waals surface area contributed by atoms with Crippen LogP contribution in [-0.2, 0) is 28.6 Å². The number of rotatable bonds is 9. The predicted octanol–water partition coefficient (Wildman–Crippen LogP) is 4.63. The number of benzene rings is 2. The molecule has 0 fully saturated rings. The van der Waals surface area contributed by atoms with Gasteiger partial charge in [-0.3, -0.25) is 4.79 Å². The van der Waals surface area contributed by atoms with Crippen LogP contribution >= 0.6 is 0 Å². The molecule has 6 nitrogen and oxygen atoms in total. The summed E-state index contributed by atoms with van der Waals surface area (Å²) in [5.74, 6) is -1.94. The summed E-state index contributed by atoms with van der Waals surface area (Å²) in [6, 6.07) is 10.8. The summed E-state index contributed by atoms with van der Waals surface area (Å²) < 4.78 is 28.7. The third-order valence-corrected chi connectivity index (χ3v) is 4.16. The van der Waals surface area contributed by atoms with Crippen LogP contribution in [0.25, 0.3) is 12.2 Å². The first-order valence-corrected chi connectivity index (χ1v) is 10.1. The molecule has 2 aromatic rings. The highest BCUT2D eigenvalue weighted by atomic mass is 19.1. The van der Waals surface area contributed by atoms with E-state index in [0.717, 1.165) is 0 Å². The fraction of sp³-hybridized carbons (Fsp3) is 0.240. The Balaban J connectivity index is 2.52. The van der Waals surface area contributed by atoms with Crippen LogP contribution < -0.4 is 0 Å². The van der Waals surface area contributed by atoms with Gasteiger partial charge in [0.2, 0.25) is 0 Å². The molecule has 2 rings (SSSR count). The monoisotopic (exact) mass is 440 g/mol. The average molecular weight is 440 g/mol. The fourth-order valence-electron chi connectivity index (χ4n) is 2.89. The highest BCUT2D eigenvalue weighted by Crippen LogP contribution is 2.29. The van der Waals surface area contributed by atoms with Crippen LogP contribution in [0.5, 0.6) is 0 Å². The lowest BCUT2D eigenvalue weighted by atomic mass is 9.96. The second-order valence-corrected chi connectivity index (χ2v) is 6.64. The van der Waals surface area contributed by atoms with Crippen molar-refractivity contribution in [3.8, 4) is 0 Å². The van der Waals surface area contributed by atoms with E-state index in [1.165, 1.54) is 43.3 Å². The summed E-state index contributed by atoms with van der Waals surface area (Å²) in [6.45, 7) is 5.18. The predicted molar refractivity (Wildman–Crippen MR) is 118 cm³/mol. The van der Waals surface area contributed by atoms with Crippen LogP contribution in [0.1, 0.15) is 49.1 Å². The smallest absolute Gasteiger partial charge is 0.330 e. The Hall–Kier alpha value is -3.74. The van der Waals surface area contributed by atoms with Crippen molar-refractivity contribution in [3.05, 3.63) is 82.7 Å². The number of carbonyl (C=O) groups is 3. The van der Waals surface area contributed by atoms with E-state index in [0.29, 0.717) is 22.3 Å². The zero-order chi connectivity index (χ0) is 23.5. The summed E-state index contributed by atoms with van der Waals surface area (Å²) in [5, 5.41) is 0. The van der Waals surface area contributed by atoms with Gasteiger partial charge < -0.3 is 14.2 Å². The quantitative estimate of drug-likeness (QED) is 0.321. The summed E-state index contributed by atoms with van der Waals surface area (Å²) in [4.78, 5) is 35.2. The topological polar surface area (TPSA) is 78.9 Å². The molecule has 1 unspecified atom stereocenters. The second kappa shape index (κ2) is 12.2. The molecule has 0 aromatic heterocycles. The van der Waals surface area contributed by atoms with E-state index in [1.807, 2.05) is 0 Å². The molecule has 7 heteroatoms. The lowest BCUT2D eigenvalue weighted by Crippen LogP contribution is -2.10. The van der Waals surface area contributed by atoms with E-state index >= 15 is 0 Å². The first-order valence-electron chi connectivity index (χ1n) is 10.1. The first-order chi connectivity index (χ1) is 15.3. The number of esters is 3. The second-order valence-electron chi connectivity index (χ2n) is 6.64. The fourth-order valence-corrected chi connectivity index (χ4v) is 2.89. The van der Waals surface area contributed by atoms with E-state index in [1.54, 1.807) is 44.2 Å². The molecule has 0 bridgehead atoms. The molecule has 0 saturated carbocycles. The summed E-state index contributed by atoms with van der Waals surface area (Å²) in [7, 11) is 0. The number of hydrogen-bond donors (Lipinski definition) is 0. The van der Waals surface area contributed by atoms with Crippen LogP contribution in [0.2, 0.25) is 0 Å². The van der Waals surface area contributed by atoms with E-state index in [-0.39, 0.29) is 13.2 Å². The summed E-state index contributed by atoms with van der Waals surface area (Å²) >= 11 is 0. The normalized spacial score (nSPS) is 12.0. The van der Waals surface area contributed by atoms with Gasteiger partial charge >= 0.3 is 17.9 Å². The number of halogens is 1. The number of hydrogen-bond acceptors (Lipinski definition) is 6. The maximum atomic E-state index is 13.4. The molecule has 0 amide bonds. The van der Waals surface area contributed by atoms with E-state index in [2.05, 4.69) is 0 Å². The van der Waals surface area contributed by atoms with E-state index < -0.39 is 29.8 Å². The minimum Gasteiger partial charge on any atom is -0.463 e. The molecular formula is C25H25FO6. The number of ether oxygens (including phenoxy) is 3. The van der Waals surface area contributed by atoms with Gasteiger partial charge in [0.15, 0.2) is 6.10 Å². The van der Waals surface area contributed by atoms with Gasteiger partial charge in [0, 0.05) is 19.1 Å². The molecule has 0 aliphatic heterocycles. The van der Waals surface area contributed by atoms with Gasteiger partial charge in [0.25, 0.3) is 0 Å². The maximum Gasteiger partial charge on any atom is 0.330 e. The van der Waals surface area contributed by atoms with Gasteiger partial charge in [0.05, 0.1) is 13.2 Å². The van der Waals surface area contributed by atoms with Gasteiger partial charge in [0.1, 0.15) is 5.82 Å². The van der Waals surface area contributed by atoms with Crippen molar-refractivity contribution in [1.82, 2.24) is 0 Å². The lowest BCUT2D eigenvalue weighted by molar-refractivity contribution is -0.145. The first kappa shape index (κ1) is 24.5. The Bertz CT molecular complexity index is 961. The molecule has 0 radical (unpaired) electrons.